The average Bonchev–Trinajstić information content (AvgIpc) is 3.20. The van der Waals surface area contributed by atoms with E-state index in [-0.39, 0.29) is 5.11 Å². The molecule has 1 aliphatic heterocycles. The Hall–Kier alpha value is -2.32. The molecule has 0 unspecified atom stereocenters. The summed E-state index contributed by atoms with van der Waals surface area (Å²) in [6, 6.07) is 7.67. The topological polar surface area (TPSA) is 92.6 Å². The Labute approximate surface area is 139 Å². The lowest BCUT2D eigenvalue weighted by atomic mass is 10.1. The fourth-order valence-corrected chi connectivity index (χ4v) is 2.51. The minimum atomic E-state index is 0.134. The van der Waals surface area contributed by atoms with E-state index >= 15 is 0 Å². The largest absolute Gasteiger partial charge is 0.375 e. The maximum Gasteiger partial charge on any atom is 0.241 e. The molecule has 1 fully saturated rings. The smallest absolute Gasteiger partial charge is 0.241 e. The molecule has 7 nitrogen and oxygen atoms in total. The second kappa shape index (κ2) is 7.30. The van der Waals surface area contributed by atoms with Gasteiger partial charge in [-0.3, -0.25) is 10.3 Å². The first-order valence-electron chi connectivity index (χ1n) is 7.44. The minimum Gasteiger partial charge on any atom is -0.375 e. The SMILES string of the molecule is NC(=S)NN=Cc1ccc(-c2noc(CN3CCCC3)n2)cc1. The van der Waals surface area contributed by atoms with E-state index in [2.05, 4.69) is 37.8 Å². The molecule has 1 aromatic carbocycles. The highest BCUT2D eigenvalue weighted by Crippen LogP contribution is 2.18. The Morgan fingerprint density at radius 1 is 1.35 bits per heavy atom. The molecule has 1 saturated heterocycles. The highest BCUT2D eigenvalue weighted by atomic mass is 32.1. The minimum absolute atomic E-state index is 0.134. The summed E-state index contributed by atoms with van der Waals surface area (Å²) in [6.45, 7) is 2.93. The standard InChI is InChI=1S/C15H18N6OS/c16-15(23)19-17-9-11-3-5-12(6-4-11)14-18-13(22-20-14)10-21-7-1-2-8-21/h3-6,9H,1-2,7-8,10H2,(H3,16,19,23). The molecule has 0 amide bonds. The maximum absolute atomic E-state index is 5.34. The van der Waals surface area contributed by atoms with Gasteiger partial charge in [0, 0.05) is 5.56 Å². The van der Waals surface area contributed by atoms with Crippen LogP contribution in [0.4, 0.5) is 0 Å². The number of rotatable bonds is 5. The third-order valence-corrected chi connectivity index (χ3v) is 3.67. The predicted molar refractivity (Wildman–Crippen MR) is 91.8 cm³/mol. The maximum atomic E-state index is 5.34. The van der Waals surface area contributed by atoms with Crippen molar-refractivity contribution in [3.8, 4) is 11.4 Å². The van der Waals surface area contributed by atoms with Crippen LogP contribution < -0.4 is 11.2 Å². The fourth-order valence-electron chi connectivity index (χ4n) is 2.46. The second-order valence-corrected chi connectivity index (χ2v) is 5.79. The molecule has 120 valence electrons. The lowest BCUT2D eigenvalue weighted by molar-refractivity contribution is 0.268. The predicted octanol–water partition coefficient (Wildman–Crippen LogP) is 1.50. The Morgan fingerprint density at radius 2 is 2.09 bits per heavy atom. The quantitative estimate of drug-likeness (QED) is 0.487. The van der Waals surface area contributed by atoms with Crippen LogP contribution in [-0.4, -0.2) is 39.5 Å². The van der Waals surface area contributed by atoms with E-state index in [0.29, 0.717) is 11.7 Å². The van der Waals surface area contributed by atoms with E-state index in [1.54, 1.807) is 6.21 Å². The van der Waals surface area contributed by atoms with Crippen molar-refractivity contribution in [3.05, 3.63) is 35.7 Å². The van der Waals surface area contributed by atoms with Crippen molar-refractivity contribution in [1.82, 2.24) is 20.5 Å². The van der Waals surface area contributed by atoms with Gasteiger partial charge in [-0.1, -0.05) is 29.4 Å². The molecule has 0 saturated carbocycles. The van der Waals surface area contributed by atoms with Gasteiger partial charge in [0.05, 0.1) is 12.8 Å². The van der Waals surface area contributed by atoms with Gasteiger partial charge in [-0.15, -0.1) is 0 Å². The van der Waals surface area contributed by atoms with Gasteiger partial charge in [0.25, 0.3) is 0 Å². The molecule has 0 aliphatic carbocycles. The molecule has 1 aliphatic rings. The van der Waals surface area contributed by atoms with Crippen LogP contribution >= 0.6 is 12.2 Å². The van der Waals surface area contributed by atoms with Gasteiger partial charge in [-0.05, 0) is 43.7 Å². The van der Waals surface area contributed by atoms with E-state index < -0.39 is 0 Å². The zero-order valence-electron chi connectivity index (χ0n) is 12.6. The lowest BCUT2D eigenvalue weighted by Gasteiger charge is -2.09. The fraction of sp³-hybridized carbons (Fsp3) is 0.333. The summed E-state index contributed by atoms with van der Waals surface area (Å²) in [5, 5.41) is 8.09. The monoisotopic (exact) mass is 330 g/mol. The van der Waals surface area contributed by atoms with Crippen molar-refractivity contribution in [2.75, 3.05) is 13.1 Å². The Morgan fingerprint density at radius 3 is 2.78 bits per heavy atom. The van der Waals surface area contributed by atoms with Crippen molar-refractivity contribution in [2.45, 2.75) is 19.4 Å². The number of thiocarbonyl (C=S) groups is 1. The number of likely N-dealkylation sites (tertiary alicyclic amines) is 1. The van der Waals surface area contributed by atoms with Crippen LogP contribution in [0.25, 0.3) is 11.4 Å². The van der Waals surface area contributed by atoms with E-state index in [1.165, 1.54) is 12.8 Å². The number of nitrogens with two attached hydrogens (primary N) is 1. The van der Waals surface area contributed by atoms with Gasteiger partial charge < -0.3 is 10.3 Å². The molecule has 0 spiro atoms. The second-order valence-electron chi connectivity index (χ2n) is 5.35. The number of benzene rings is 1. The van der Waals surface area contributed by atoms with Gasteiger partial charge in [-0.2, -0.15) is 10.1 Å². The van der Waals surface area contributed by atoms with Crippen molar-refractivity contribution in [2.24, 2.45) is 10.8 Å². The summed E-state index contributed by atoms with van der Waals surface area (Å²) in [4.78, 5) is 6.79. The molecule has 3 N–H and O–H groups in total. The third-order valence-electron chi connectivity index (χ3n) is 3.58. The van der Waals surface area contributed by atoms with Gasteiger partial charge in [-0.25, -0.2) is 0 Å². The molecular weight excluding hydrogens is 312 g/mol. The zero-order valence-corrected chi connectivity index (χ0v) is 13.4. The molecular formula is C15H18N6OS. The summed E-state index contributed by atoms with van der Waals surface area (Å²) in [7, 11) is 0. The Bertz CT molecular complexity index is 690. The average molecular weight is 330 g/mol. The van der Waals surface area contributed by atoms with E-state index in [0.717, 1.165) is 30.8 Å². The highest BCUT2D eigenvalue weighted by molar-refractivity contribution is 7.80. The highest BCUT2D eigenvalue weighted by Gasteiger charge is 2.16. The van der Waals surface area contributed by atoms with Gasteiger partial charge in [0.15, 0.2) is 5.11 Å². The molecule has 0 bridgehead atoms. The van der Waals surface area contributed by atoms with Crippen LogP contribution in [0.3, 0.4) is 0 Å². The molecule has 0 atom stereocenters. The number of hydrogen-bond acceptors (Lipinski definition) is 6. The summed E-state index contributed by atoms with van der Waals surface area (Å²) in [5.74, 6) is 1.26. The Kier molecular flexibility index (Phi) is 4.94. The first-order valence-corrected chi connectivity index (χ1v) is 7.85. The number of aromatic nitrogens is 2. The van der Waals surface area contributed by atoms with Crippen LogP contribution in [0.2, 0.25) is 0 Å². The lowest BCUT2D eigenvalue weighted by Crippen LogP contribution is -2.23. The van der Waals surface area contributed by atoms with Crippen molar-refractivity contribution >= 4 is 23.5 Å². The molecule has 8 heteroatoms. The summed E-state index contributed by atoms with van der Waals surface area (Å²) < 4.78 is 5.34. The van der Waals surface area contributed by atoms with Gasteiger partial charge in [0.1, 0.15) is 0 Å². The molecule has 2 heterocycles. The van der Waals surface area contributed by atoms with Crippen LogP contribution in [0, 0.1) is 0 Å². The summed E-state index contributed by atoms with van der Waals surface area (Å²) in [6.07, 6.45) is 4.12. The first kappa shape index (κ1) is 15.6. The summed E-state index contributed by atoms with van der Waals surface area (Å²) >= 11 is 4.67. The molecule has 3 rings (SSSR count). The van der Waals surface area contributed by atoms with Gasteiger partial charge in [0.2, 0.25) is 11.7 Å². The number of nitrogens with one attached hydrogen (secondary N) is 1. The number of hydrogen-bond donors (Lipinski definition) is 2. The van der Waals surface area contributed by atoms with Crippen molar-refractivity contribution in [1.29, 1.82) is 0 Å². The van der Waals surface area contributed by atoms with E-state index in [4.69, 9.17) is 10.3 Å². The van der Waals surface area contributed by atoms with Crippen LogP contribution in [0.15, 0.2) is 33.9 Å². The zero-order chi connectivity index (χ0) is 16.1. The molecule has 0 radical (unpaired) electrons. The van der Waals surface area contributed by atoms with Crippen molar-refractivity contribution in [3.63, 3.8) is 0 Å². The van der Waals surface area contributed by atoms with Gasteiger partial charge >= 0.3 is 0 Å². The number of nitrogens with zero attached hydrogens (tertiary/aromatic N) is 4. The Balaban J connectivity index is 1.63. The molecule has 1 aromatic heterocycles. The summed E-state index contributed by atoms with van der Waals surface area (Å²) in [5.41, 5.74) is 9.62. The normalized spacial score (nSPS) is 15.3. The first-order chi connectivity index (χ1) is 11.2. The van der Waals surface area contributed by atoms with Crippen molar-refractivity contribution < 1.29 is 4.52 Å². The third kappa shape index (κ3) is 4.33. The number of hydrazone groups is 1. The van der Waals surface area contributed by atoms with Crippen LogP contribution in [0.5, 0.6) is 0 Å². The molecule has 23 heavy (non-hydrogen) atoms. The van der Waals surface area contributed by atoms with E-state index in [9.17, 15) is 0 Å². The molecule has 2 aromatic rings. The van der Waals surface area contributed by atoms with E-state index in [1.807, 2.05) is 24.3 Å². The van der Waals surface area contributed by atoms with Crippen LogP contribution in [0.1, 0.15) is 24.3 Å². The van der Waals surface area contributed by atoms with Crippen LogP contribution in [-0.2, 0) is 6.54 Å².